The maximum atomic E-state index is 5.91. The summed E-state index contributed by atoms with van der Waals surface area (Å²) in [6, 6.07) is 10.6. The summed E-state index contributed by atoms with van der Waals surface area (Å²) >= 11 is 0. The van der Waals surface area contributed by atoms with Crippen LogP contribution in [0.3, 0.4) is 0 Å². The lowest BCUT2D eigenvalue weighted by atomic mass is 10.1. The maximum absolute atomic E-state index is 5.91. The molecule has 3 N–H and O–H groups in total. The molecule has 1 saturated heterocycles. The highest BCUT2D eigenvalue weighted by Crippen LogP contribution is 2.23. The molecule has 1 aromatic rings. The third-order valence-electron chi connectivity index (χ3n) is 3.43. The number of rotatable bonds is 3. The van der Waals surface area contributed by atoms with E-state index in [4.69, 9.17) is 5.73 Å². The average molecular weight is 274 g/mol. The maximum Gasteiger partial charge on any atom is 0.188 e. The Morgan fingerprint density at radius 1 is 1.35 bits per heavy atom. The van der Waals surface area contributed by atoms with E-state index in [-0.39, 0.29) is 5.54 Å². The third kappa shape index (κ3) is 4.44. The number of guanidine groups is 1. The summed E-state index contributed by atoms with van der Waals surface area (Å²) in [6.45, 7) is 9.23. The van der Waals surface area contributed by atoms with Crippen molar-refractivity contribution in [2.45, 2.75) is 32.7 Å². The van der Waals surface area contributed by atoms with E-state index in [1.807, 2.05) is 0 Å². The van der Waals surface area contributed by atoms with Crippen LogP contribution in [0.1, 0.15) is 27.2 Å². The van der Waals surface area contributed by atoms with Crippen molar-refractivity contribution in [3.8, 4) is 0 Å². The Balaban J connectivity index is 1.83. The highest BCUT2D eigenvalue weighted by Gasteiger charge is 2.22. The lowest BCUT2D eigenvalue weighted by Gasteiger charge is -2.21. The first-order chi connectivity index (χ1) is 9.44. The lowest BCUT2D eigenvalue weighted by Crippen LogP contribution is -2.45. The molecular formula is C16H26N4. The Bertz CT molecular complexity index is 447. The molecule has 0 radical (unpaired) electrons. The number of nitrogens with zero attached hydrogens (tertiary/aromatic N) is 2. The van der Waals surface area contributed by atoms with Gasteiger partial charge in [-0.05, 0) is 45.2 Å². The van der Waals surface area contributed by atoms with Crippen molar-refractivity contribution in [3.05, 3.63) is 30.3 Å². The van der Waals surface area contributed by atoms with Crippen LogP contribution < -0.4 is 16.0 Å². The summed E-state index contributed by atoms with van der Waals surface area (Å²) in [5.41, 5.74) is 7.19. The van der Waals surface area contributed by atoms with Crippen LogP contribution in [0.4, 0.5) is 5.69 Å². The summed E-state index contributed by atoms with van der Waals surface area (Å²) in [5.74, 6) is 1.14. The van der Waals surface area contributed by atoms with Gasteiger partial charge in [0, 0.05) is 30.9 Å². The molecule has 0 amide bonds. The number of benzene rings is 1. The van der Waals surface area contributed by atoms with Crippen molar-refractivity contribution >= 4 is 11.6 Å². The third-order valence-corrected chi connectivity index (χ3v) is 3.43. The number of nitrogens with one attached hydrogen (secondary N) is 1. The molecule has 1 aliphatic heterocycles. The number of nitrogens with two attached hydrogens (primary N) is 1. The van der Waals surface area contributed by atoms with E-state index in [1.54, 1.807) is 0 Å². The first kappa shape index (κ1) is 14.7. The minimum atomic E-state index is -0.0284. The Morgan fingerprint density at radius 2 is 2.05 bits per heavy atom. The van der Waals surface area contributed by atoms with Gasteiger partial charge in [0.25, 0.3) is 0 Å². The first-order valence-electron chi connectivity index (χ1n) is 7.32. The number of para-hydroxylation sites is 1. The number of hydrogen-bond donors (Lipinski definition) is 2. The molecule has 4 heteroatoms. The summed E-state index contributed by atoms with van der Waals surface area (Å²) in [7, 11) is 0. The van der Waals surface area contributed by atoms with Gasteiger partial charge in [0.15, 0.2) is 5.96 Å². The zero-order valence-corrected chi connectivity index (χ0v) is 12.8. The van der Waals surface area contributed by atoms with Crippen molar-refractivity contribution in [2.75, 3.05) is 24.5 Å². The molecule has 20 heavy (non-hydrogen) atoms. The molecule has 0 aliphatic carbocycles. The minimum absolute atomic E-state index is 0.0284. The van der Waals surface area contributed by atoms with Gasteiger partial charge in [0.05, 0.1) is 0 Å². The van der Waals surface area contributed by atoms with Crippen LogP contribution in [0.15, 0.2) is 35.3 Å². The Hall–Kier alpha value is -1.71. The second-order valence-corrected chi connectivity index (χ2v) is 6.54. The van der Waals surface area contributed by atoms with Gasteiger partial charge < -0.3 is 16.0 Å². The van der Waals surface area contributed by atoms with Gasteiger partial charge in [-0.15, -0.1) is 0 Å². The van der Waals surface area contributed by atoms with E-state index in [2.05, 4.69) is 66.3 Å². The molecule has 2 rings (SSSR count). The fourth-order valence-corrected chi connectivity index (χ4v) is 2.51. The molecule has 0 bridgehead atoms. The fourth-order valence-electron chi connectivity index (χ4n) is 2.51. The van der Waals surface area contributed by atoms with Crippen molar-refractivity contribution < 1.29 is 0 Å². The van der Waals surface area contributed by atoms with Crippen molar-refractivity contribution in [3.63, 3.8) is 0 Å². The van der Waals surface area contributed by atoms with Crippen LogP contribution in [0.2, 0.25) is 0 Å². The van der Waals surface area contributed by atoms with Gasteiger partial charge in [-0.1, -0.05) is 18.2 Å². The van der Waals surface area contributed by atoms with Gasteiger partial charge in [0.2, 0.25) is 0 Å². The van der Waals surface area contributed by atoms with E-state index in [0.29, 0.717) is 11.9 Å². The van der Waals surface area contributed by atoms with E-state index >= 15 is 0 Å². The molecule has 0 saturated carbocycles. The fraction of sp³-hybridized carbons (Fsp3) is 0.562. The molecular weight excluding hydrogens is 248 g/mol. The molecule has 110 valence electrons. The molecule has 0 spiro atoms. The van der Waals surface area contributed by atoms with Crippen LogP contribution in [-0.4, -0.2) is 31.1 Å². The minimum Gasteiger partial charge on any atom is -0.371 e. The first-order valence-corrected chi connectivity index (χ1v) is 7.32. The Labute approximate surface area is 122 Å². The molecule has 1 unspecified atom stereocenters. The van der Waals surface area contributed by atoms with Crippen LogP contribution in [0.5, 0.6) is 0 Å². The predicted molar refractivity (Wildman–Crippen MR) is 86.1 cm³/mol. The van der Waals surface area contributed by atoms with E-state index in [1.165, 1.54) is 12.1 Å². The molecule has 1 aromatic carbocycles. The van der Waals surface area contributed by atoms with Gasteiger partial charge in [-0.25, -0.2) is 0 Å². The summed E-state index contributed by atoms with van der Waals surface area (Å²) < 4.78 is 0. The van der Waals surface area contributed by atoms with Gasteiger partial charge in [0.1, 0.15) is 0 Å². The highest BCUT2D eigenvalue weighted by atomic mass is 15.2. The smallest absolute Gasteiger partial charge is 0.188 e. The molecule has 1 aliphatic rings. The SMILES string of the molecule is CC(C)(C)NC(N)=NCC1CCN(c2ccccc2)C1. The predicted octanol–water partition coefficient (Wildman–Crippen LogP) is 2.22. The number of anilines is 1. The molecule has 1 fully saturated rings. The summed E-state index contributed by atoms with van der Waals surface area (Å²) in [5, 5.41) is 3.20. The quantitative estimate of drug-likeness (QED) is 0.656. The van der Waals surface area contributed by atoms with Crippen LogP contribution in [0, 0.1) is 5.92 Å². The zero-order chi connectivity index (χ0) is 14.6. The van der Waals surface area contributed by atoms with Crippen molar-refractivity contribution in [1.29, 1.82) is 0 Å². The number of hydrogen-bond acceptors (Lipinski definition) is 2. The van der Waals surface area contributed by atoms with E-state index < -0.39 is 0 Å². The Morgan fingerprint density at radius 3 is 2.70 bits per heavy atom. The molecule has 0 aromatic heterocycles. The monoisotopic (exact) mass is 274 g/mol. The second-order valence-electron chi connectivity index (χ2n) is 6.54. The standard InChI is InChI=1S/C16H26N4/c1-16(2,3)19-15(17)18-11-13-9-10-20(12-13)14-7-5-4-6-8-14/h4-8,13H,9-12H2,1-3H3,(H3,17,18,19). The topological polar surface area (TPSA) is 53.6 Å². The summed E-state index contributed by atoms with van der Waals surface area (Å²) in [6.07, 6.45) is 1.18. The van der Waals surface area contributed by atoms with Crippen molar-refractivity contribution in [1.82, 2.24) is 5.32 Å². The second kappa shape index (κ2) is 6.16. The van der Waals surface area contributed by atoms with E-state index in [9.17, 15) is 0 Å². The lowest BCUT2D eigenvalue weighted by molar-refractivity contribution is 0.505. The molecule has 1 atom stereocenters. The summed E-state index contributed by atoms with van der Waals surface area (Å²) in [4.78, 5) is 6.90. The molecule has 1 heterocycles. The largest absolute Gasteiger partial charge is 0.371 e. The zero-order valence-electron chi connectivity index (χ0n) is 12.8. The highest BCUT2D eigenvalue weighted by molar-refractivity contribution is 5.78. The van der Waals surface area contributed by atoms with Crippen molar-refractivity contribution in [2.24, 2.45) is 16.6 Å². The van der Waals surface area contributed by atoms with Crippen LogP contribution in [-0.2, 0) is 0 Å². The van der Waals surface area contributed by atoms with Gasteiger partial charge in [-0.3, -0.25) is 4.99 Å². The normalized spacial score (nSPS) is 20.2. The Kier molecular flexibility index (Phi) is 4.53. The van der Waals surface area contributed by atoms with Crippen LogP contribution in [0.25, 0.3) is 0 Å². The average Bonchev–Trinajstić information content (AvgIpc) is 2.84. The van der Waals surface area contributed by atoms with Gasteiger partial charge in [-0.2, -0.15) is 0 Å². The van der Waals surface area contributed by atoms with Gasteiger partial charge >= 0.3 is 0 Å². The van der Waals surface area contributed by atoms with E-state index in [0.717, 1.165) is 19.6 Å². The van der Waals surface area contributed by atoms with Crippen LogP contribution >= 0.6 is 0 Å². The number of aliphatic imine (C=N–C) groups is 1. The molecule has 4 nitrogen and oxygen atoms in total.